The summed E-state index contributed by atoms with van der Waals surface area (Å²) < 4.78 is 1.28. The number of H-pyrrole nitrogens is 1. The van der Waals surface area contributed by atoms with Gasteiger partial charge in [-0.1, -0.05) is 0 Å². The van der Waals surface area contributed by atoms with Crippen LogP contribution < -0.4 is 5.56 Å². The summed E-state index contributed by atoms with van der Waals surface area (Å²) in [5.74, 6) is -1.00. The lowest BCUT2D eigenvalue weighted by atomic mass is 10.3. The molecule has 78 valence electrons. The average molecular weight is 207 g/mol. The van der Waals surface area contributed by atoms with E-state index in [2.05, 4.69) is 10.1 Å². The SMILES string of the molecule is Cc1c[nH]n2c(=O)cc(CC(=O)O)nc12. The largest absolute Gasteiger partial charge is 0.481 e. The number of aryl methyl sites for hydroxylation is 1. The standard InChI is InChI=1S/C9H9N3O3/c1-5-4-10-12-7(13)2-6(3-8(14)15)11-9(5)12/h2,4,10H,3H2,1H3,(H,14,15). The molecule has 0 fully saturated rings. The highest BCUT2D eigenvalue weighted by Crippen LogP contribution is 2.04. The van der Waals surface area contributed by atoms with Crippen molar-refractivity contribution in [1.82, 2.24) is 14.6 Å². The second-order valence-corrected chi connectivity index (χ2v) is 3.27. The fraction of sp³-hybridized carbons (Fsp3) is 0.222. The second-order valence-electron chi connectivity index (χ2n) is 3.27. The van der Waals surface area contributed by atoms with Gasteiger partial charge < -0.3 is 5.11 Å². The number of aromatic nitrogens is 3. The number of nitrogens with one attached hydrogen (secondary N) is 1. The Hall–Kier alpha value is -2.11. The zero-order chi connectivity index (χ0) is 11.0. The third kappa shape index (κ3) is 1.61. The molecule has 6 nitrogen and oxygen atoms in total. The van der Waals surface area contributed by atoms with Crippen LogP contribution in [0.4, 0.5) is 0 Å². The zero-order valence-corrected chi connectivity index (χ0v) is 8.02. The molecule has 2 N–H and O–H groups in total. The minimum Gasteiger partial charge on any atom is -0.481 e. The van der Waals surface area contributed by atoms with Crippen LogP contribution in [0.15, 0.2) is 17.1 Å². The van der Waals surface area contributed by atoms with Crippen molar-refractivity contribution in [2.75, 3.05) is 0 Å². The van der Waals surface area contributed by atoms with Gasteiger partial charge in [0.25, 0.3) is 5.56 Å². The molecular weight excluding hydrogens is 198 g/mol. The van der Waals surface area contributed by atoms with Gasteiger partial charge in [0.05, 0.1) is 12.1 Å². The quantitative estimate of drug-likeness (QED) is 0.723. The summed E-state index contributed by atoms with van der Waals surface area (Å²) in [5, 5.41) is 11.3. The zero-order valence-electron chi connectivity index (χ0n) is 8.02. The maximum Gasteiger partial charge on any atom is 0.309 e. The van der Waals surface area contributed by atoms with Crippen LogP contribution in [0, 0.1) is 6.92 Å². The number of carboxylic acid groups (broad SMARTS) is 1. The van der Waals surface area contributed by atoms with Gasteiger partial charge in [-0.3, -0.25) is 14.7 Å². The van der Waals surface area contributed by atoms with E-state index in [4.69, 9.17) is 5.11 Å². The van der Waals surface area contributed by atoms with Crippen molar-refractivity contribution in [3.8, 4) is 0 Å². The van der Waals surface area contributed by atoms with Crippen LogP contribution in [0.5, 0.6) is 0 Å². The predicted molar refractivity (Wildman–Crippen MR) is 51.9 cm³/mol. The highest BCUT2D eigenvalue weighted by Gasteiger charge is 2.08. The van der Waals surface area contributed by atoms with E-state index in [0.29, 0.717) is 5.65 Å². The topological polar surface area (TPSA) is 87.5 Å². The van der Waals surface area contributed by atoms with Gasteiger partial charge in [0.2, 0.25) is 0 Å². The number of rotatable bonds is 2. The summed E-state index contributed by atoms with van der Waals surface area (Å²) in [4.78, 5) is 26.1. The molecule has 0 aliphatic heterocycles. The smallest absolute Gasteiger partial charge is 0.309 e. The van der Waals surface area contributed by atoms with Crippen LogP contribution in [0.1, 0.15) is 11.3 Å². The van der Waals surface area contributed by atoms with Crippen molar-refractivity contribution in [3.05, 3.63) is 33.9 Å². The highest BCUT2D eigenvalue weighted by atomic mass is 16.4. The molecular formula is C9H9N3O3. The first-order valence-corrected chi connectivity index (χ1v) is 4.36. The second kappa shape index (κ2) is 3.23. The van der Waals surface area contributed by atoms with Gasteiger partial charge >= 0.3 is 5.97 Å². The molecule has 0 saturated carbocycles. The van der Waals surface area contributed by atoms with Crippen LogP contribution in [0.2, 0.25) is 0 Å². The Morgan fingerprint density at radius 3 is 3.07 bits per heavy atom. The number of fused-ring (bicyclic) bond motifs is 1. The number of hydrogen-bond donors (Lipinski definition) is 2. The number of carbonyl (C=O) groups is 1. The van der Waals surface area contributed by atoms with Crippen molar-refractivity contribution < 1.29 is 9.90 Å². The van der Waals surface area contributed by atoms with Gasteiger partial charge in [-0.05, 0) is 6.92 Å². The monoisotopic (exact) mass is 207 g/mol. The summed E-state index contributed by atoms with van der Waals surface area (Å²) in [6.07, 6.45) is 1.41. The number of carboxylic acids is 1. The molecule has 15 heavy (non-hydrogen) atoms. The molecule has 0 radical (unpaired) electrons. The minimum absolute atomic E-state index is 0.240. The fourth-order valence-corrected chi connectivity index (χ4v) is 1.39. The van der Waals surface area contributed by atoms with Crippen molar-refractivity contribution in [2.45, 2.75) is 13.3 Å². The van der Waals surface area contributed by atoms with Crippen LogP contribution >= 0.6 is 0 Å². The summed E-state index contributed by atoms with van der Waals surface area (Å²) in [6.45, 7) is 1.79. The van der Waals surface area contributed by atoms with Crippen LogP contribution in [0.3, 0.4) is 0 Å². The molecule has 0 atom stereocenters. The molecule has 0 amide bonds. The lowest BCUT2D eigenvalue weighted by Crippen LogP contribution is -2.17. The maximum absolute atomic E-state index is 11.5. The van der Waals surface area contributed by atoms with Crippen molar-refractivity contribution >= 4 is 11.6 Å². The maximum atomic E-state index is 11.5. The molecule has 2 rings (SSSR count). The van der Waals surface area contributed by atoms with Gasteiger partial charge in [0.1, 0.15) is 0 Å². The molecule has 0 unspecified atom stereocenters. The average Bonchev–Trinajstić information content (AvgIpc) is 2.47. The lowest BCUT2D eigenvalue weighted by molar-refractivity contribution is -0.136. The van der Waals surface area contributed by atoms with E-state index in [0.717, 1.165) is 5.56 Å². The third-order valence-corrected chi connectivity index (χ3v) is 2.07. The van der Waals surface area contributed by atoms with Gasteiger partial charge in [-0.2, -0.15) is 0 Å². The van der Waals surface area contributed by atoms with Crippen LogP contribution in [0.25, 0.3) is 5.65 Å². The van der Waals surface area contributed by atoms with E-state index in [-0.39, 0.29) is 17.7 Å². The van der Waals surface area contributed by atoms with Crippen molar-refractivity contribution in [2.24, 2.45) is 0 Å². The van der Waals surface area contributed by atoms with Gasteiger partial charge in [-0.15, -0.1) is 0 Å². The van der Waals surface area contributed by atoms with Gasteiger partial charge in [-0.25, -0.2) is 9.50 Å². The van der Waals surface area contributed by atoms with E-state index < -0.39 is 5.97 Å². The minimum atomic E-state index is -1.00. The van der Waals surface area contributed by atoms with E-state index in [1.54, 1.807) is 13.1 Å². The molecule has 0 aromatic carbocycles. The first kappa shape index (κ1) is 9.45. The Morgan fingerprint density at radius 1 is 1.67 bits per heavy atom. The van der Waals surface area contributed by atoms with Crippen LogP contribution in [-0.4, -0.2) is 25.7 Å². The third-order valence-electron chi connectivity index (χ3n) is 2.07. The Bertz CT molecular complexity index is 582. The number of hydrogen-bond acceptors (Lipinski definition) is 3. The molecule has 0 spiro atoms. The molecule has 0 aliphatic carbocycles. The van der Waals surface area contributed by atoms with E-state index >= 15 is 0 Å². The number of aliphatic carboxylic acids is 1. The summed E-state index contributed by atoms with van der Waals surface area (Å²) >= 11 is 0. The summed E-state index contributed by atoms with van der Waals surface area (Å²) in [7, 11) is 0. The Labute approximate surface area is 84.2 Å². The highest BCUT2D eigenvalue weighted by molar-refractivity contribution is 5.69. The molecule has 0 bridgehead atoms. The molecule has 2 aromatic rings. The Kier molecular flexibility index (Phi) is 2.03. The van der Waals surface area contributed by atoms with Gasteiger partial charge in [0, 0.05) is 17.8 Å². The van der Waals surface area contributed by atoms with Gasteiger partial charge in [0.15, 0.2) is 5.65 Å². The molecule has 2 heterocycles. The predicted octanol–water partition coefficient (Wildman–Crippen LogP) is -0.0419. The fourth-order valence-electron chi connectivity index (χ4n) is 1.39. The summed E-state index contributed by atoms with van der Waals surface area (Å²) in [5.41, 5.74) is 1.25. The Balaban J connectivity index is 2.65. The van der Waals surface area contributed by atoms with E-state index in [1.165, 1.54) is 10.6 Å². The molecule has 0 aliphatic rings. The van der Waals surface area contributed by atoms with E-state index in [1.807, 2.05) is 0 Å². The Morgan fingerprint density at radius 2 is 2.40 bits per heavy atom. The normalized spacial score (nSPS) is 10.7. The van der Waals surface area contributed by atoms with Crippen molar-refractivity contribution in [3.63, 3.8) is 0 Å². The molecule has 6 heteroatoms. The first-order chi connectivity index (χ1) is 7.08. The molecule has 0 saturated heterocycles. The van der Waals surface area contributed by atoms with E-state index in [9.17, 15) is 9.59 Å². The number of aromatic amines is 1. The first-order valence-electron chi connectivity index (χ1n) is 4.36. The lowest BCUT2D eigenvalue weighted by Gasteiger charge is -1.97. The summed E-state index contributed by atoms with van der Waals surface area (Å²) in [6, 6.07) is 1.22. The van der Waals surface area contributed by atoms with Crippen molar-refractivity contribution in [1.29, 1.82) is 0 Å². The van der Waals surface area contributed by atoms with Crippen LogP contribution in [-0.2, 0) is 11.2 Å². The molecule has 2 aromatic heterocycles. The number of nitrogens with zero attached hydrogens (tertiary/aromatic N) is 2.